The Morgan fingerprint density at radius 3 is 2.55 bits per heavy atom. The van der Waals surface area contributed by atoms with Gasteiger partial charge < -0.3 is 20.1 Å². The van der Waals surface area contributed by atoms with Crippen LogP contribution < -0.4 is 10.1 Å². The van der Waals surface area contributed by atoms with Gasteiger partial charge in [-0.2, -0.15) is 0 Å². The normalized spacial score (nSPS) is 16.2. The van der Waals surface area contributed by atoms with Gasteiger partial charge in [-0.25, -0.2) is 0 Å². The summed E-state index contributed by atoms with van der Waals surface area (Å²) in [5, 5.41) is 15.3. The number of aromatic nitrogens is 1. The molecule has 3 N–H and O–H groups in total. The number of rotatable bonds is 6. The van der Waals surface area contributed by atoms with Crippen LogP contribution in [0.4, 0.5) is 0 Å². The maximum Gasteiger partial charge on any atom is 0.320 e. The Morgan fingerprint density at radius 2 is 1.91 bits per heavy atom. The Morgan fingerprint density at radius 1 is 1.18 bits per heavy atom. The van der Waals surface area contributed by atoms with Gasteiger partial charge in [-0.1, -0.05) is 40.7 Å². The fraction of sp³-hybridized carbons (Fsp3) is 0.464. The number of hydrogen-bond donors (Lipinski definition) is 3. The van der Waals surface area contributed by atoms with E-state index in [9.17, 15) is 9.90 Å². The van der Waals surface area contributed by atoms with Crippen molar-refractivity contribution in [2.45, 2.75) is 78.5 Å². The van der Waals surface area contributed by atoms with E-state index in [4.69, 9.17) is 4.74 Å². The minimum absolute atomic E-state index is 0.0506. The molecule has 2 aromatic carbocycles. The van der Waals surface area contributed by atoms with Crippen LogP contribution >= 0.6 is 0 Å². The van der Waals surface area contributed by atoms with Crippen LogP contribution in [0.15, 0.2) is 30.3 Å². The third-order valence-corrected chi connectivity index (χ3v) is 6.39. The van der Waals surface area contributed by atoms with Crippen LogP contribution in [-0.4, -0.2) is 27.7 Å². The van der Waals surface area contributed by atoms with E-state index in [0.717, 1.165) is 33.3 Å². The highest BCUT2D eigenvalue weighted by atomic mass is 16.5. The van der Waals surface area contributed by atoms with E-state index in [1.807, 2.05) is 27.7 Å². The van der Waals surface area contributed by atoms with Gasteiger partial charge in [-0.15, -0.1) is 0 Å². The van der Waals surface area contributed by atoms with Crippen molar-refractivity contribution >= 4 is 33.9 Å². The molecule has 2 heterocycles. The number of ether oxygens (including phenoxy) is 1. The third kappa shape index (κ3) is 4.65. The topological polar surface area (TPSA) is 74.3 Å². The molecule has 5 heteroatoms. The van der Waals surface area contributed by atoms with Crippen molar-refractivity contribution in [2.24, 2.45) is 5.92 Å². The van der Waals surface area contributed by atoms with E-state index in [-0.39, 0.29) is 11.3 Å². The highest BCUT2D eigenvalue weighted by Crippen LogP contribution is 2.42. The molecule has 4 rings (SSSR count). The Balaban J connectivity index is 1.86. The van der Waals surface area contributed by atoms with Gasteiger partial charge in [0.1, 0.15) is 17.4 Å². The second-order valence-electron chi connectivity index (χ2n) is 11.3. The maximum absolute atomic E-state index is 11.8. The lowest BCUT2D eigenvalue weighted by Crippen LogP contribution is -2.37. The smallest absolute Gasteiger partial charge is 0.320 e. The Labute approximate surface area is 196 Å². The lowest BCUT2D eigenvalue weighted by Gasteiger charge is -2.30. The molecule has 0 bridgehead atoms. The fourth-order valence-electron chi connectivity index (χ4n) is 4.54. The van der Waals surface area contributed by atoms with Crippen LogP contribution in [-0.2, 0) is 16.8 Å². The number of benzene rings is 2. The van der Waals surface area contributed by atoms with Crippen molar-refractivity contribution in [3.05, 3.63) is 47.0 Å². The molecule has 1 aromatic heterocycles. The van der Waals surface area contributed by atoms with Crippen LogP contribution in [0.5, 0.6) is 5.75 Å². The van der Waals surface area contributed by atoms with Gasteiger partial charge in [0.2, 0.25) is 0 Å². The fourth-order valence-corrected chi connectivity index (χ4v) is 4.54. The number of fused-ring (bicyclic) bond motifs is 5. The van der Waals surface area contributed by atoms with Crippen molar-refractivity contribution in [1.82, 2.24) is 10.3 Å². The first-order valence-electron chi connectivity index (χ1n) is 11.8. The third-order valence-electron chi connectivity index (χ3n) is 6.39. The van der Waals surface area contributed by atoms with Crippen LogP contribution in [0.25, 0.3) is 27.9 Å². The summed E-state index contributed by atoms with van der Waals surface area (Å²) in [6.45, 7) is 15.2. The van der Waals surface area contributed by atoms with Crippen LogP contribution in [0.3, 0.4) is 0 Å². The molecule has 0 fully saturated rings. The summed E-state index contributed by atoms with van der Waals surface area (Å²) in [5.74, 6) is 0.290. The van der Waals surface area contributed by atoms with Crippen molar-refractivity contribution in [3.8, 4) is 5.75 Å². The summed E-state index contributed by atoms with van der Waals surface area (Å²) in [6, 6.07) is 8.18. The highest BCUT2D eigenvalue weighted by molar-refractivity contribution is 6.11. The minimum Gasteiger partial charge on any atom is -0.483 e. The van der Waals surface area contributed by atoms with Crippen molar-refractivity contribution in [3.63, 3.8) is 0 Å². The number of carboxylic acids is 1. The number of nitrogens with one attached hydrogen (secondary N) is 2. The van der Waals surface area contributed by atoms with Gasteiger partial charge >= 0.3 is 5.97 Å². The zero-order chi connectivity index (χ0) is 24.1. The second-order valence-corrected chi connectivity index (χ2v) is 11.3. The molecule has 0 radical (unpaired) electrons. The highest BCUT2D eigenvalue weighted by Gasteiger charge is 2.28. The summed E-state index contributed by atoms with van der Waals surface area (Å²) in [4.78, 5) is 15.4. The lowest BCUT2D eigenvalue weighted by molar-refractivity contribution is -0.140. The first-order chi connectivity index (χ1) is 15.4. The summed E-state index contributed by atoms with van der Waals surface area (Å²) >= 11 is 0. The van der Waals surface area contributed by atoms with E-state index in [2.05, 4.69) is 67.5 Å². The lowest BCUT2D eigenvalue weighted by atomic mass is 9.86. The minimum atomic E-state index is -0.818. The Kier molecular flexibility index (Phi) is 5.81. The quantitative estimate of drug-likeness (QED) is 0.408. The molecule has 1 unspecified atom stereocenters. The molecule has 5 nitrogen and oxygen atoms in total. The van der Waals surface area contributed by atoms with Crippen LogP contribution in [0.1, 0.15) is 71.6 Å². The van der Waals surface area contributed by atoms with E-state index in [1.165, 1.54) is 10.9 Å². The van der Waals surface area contributed by atoms with Gasteiger partial charge in [0, 0.05) is 34.0 Å². The summed E-state index contributed by atoms with van der Waals surface area (Å²) in [7, 11) is 0. The summed E-state index contributed by atoms with van der Waals surface area (Å²) in [6.07, 6.45) is 4.79. The summed E-state index contributed by atoms with van der Waals surface area (Å²) < 4.78 is 6.41. The van der Waals surface area contributed by atoms with Crippen molar-refractivity contribution < 1.29 is 14.6 Å². The van der Waals surface area contributed by atoms with Crippen molar-refractivity contribution in [2.75, 3.05) is 0 Å². The first-order valence-corrected chi connectivity index (χ1v) is 11.8. The average Bonchev–Trinajstić information content (AvgIpc) is 3.06. The zero-order valence-corrected chi connectivity index (χ0v) is 20.8. The molecule has 0 amide bonds. The van der Waals surface area contributed by atoms with Crippen LogP contribution in [0.2, 0.25) is 0 Å². The molecule has 0 saturated heterocycles. The predicted octanol–water partition coefficient (Wildman–Crippen LogP) is 6.39. The van der Waals surface area contributed by atoms with Gasteiger partial charge in [0.05, 0.1) is 5.52 Å². The SMILES string of the molecule is CC(C)CC(NCc1cc2c([nH]c3ccc(C(C)(C)C)cc32)c2c1OC(C)(C)C=C2)C(=O)O. The maximum atomic E-state index is 11.8. The molecular formula is C28H36N2O3. The second kappa shape index (κ2) is 8.21. The van der Waals surface area contributed by atoms with E-state index in [0.29, 0.717) is 13.0 Å². The number of aromatic amines is 1. The summed E-state index contributed by atoms with van der Waals surface area (Å²) in [5.41, 5.74) is 5.05. The first kappa shape index (κ1) is 23.4. The van der Waals surface area contributed by atoms with Gasteiger partial charge in [0.15, 0.2) is 0 Å². The van der Waals surface area contributed by atoms with E-state index < -0.39 is 17.6 Å². The van der Waals surface area contributed by atoms with Gasteiger partial charge in [-0.05, 0) is 67.5 Å². The molecule has 3 aromatic rings. The number of aliphatic carboxylic acids is 1. The monoisotopic (exact) mass is 448 g/mol. The molecule has 1 atom stereocenters. The van der Waals surface area contributed by atoms with Gasteiger partial charge in [0.25, 0.3) is 0 Å². The molecule has 0 saturated carbocycles. The van der Waals surface area contributed by atoms with E-state index in [1.54, 1.807) is 0 Å². The Hall–Kier alpha value is -2.79. The van der Waals surface area contributed by atoms with Crippen LogP contribution in [0, 0.1) is 5.92 Å². The molecule has 33 heavy (non-hydrogen) atoms. The molecule has 176 valence electrons. The predicted molar refractivity (Wildman–Crippen MR) is 136 cm³/mol. The number of H-pyrrole nitrogens is 1. The number of carboxylic acid groups (broad SMARTS) is 1. The van der Waals surface area contributed by atoms with E-state index >= 15 is 0 Å². The molecular weight excluding hydrogens is 412 g/mol. The standard InChI is InChI=1S/C28H36N2O3/c1-16(2)12-23(26(31)32)29-15-17-13-21-20-14-18(27(3,4)5)8-9-22(20)30-24(21)19-10-11-28(6,7)33-25(17)19/h8-11,13-14,16,23,29-30H,12,15H2,1-7H3,(H,31,32). The van der Waals surface area contributed by atoms with Crippen molar-refractivity contribution in [1.29, 1.82) is 0 Å². The average molecular weight is 449 g/mol. The molecule has 1 aliphatic heterocycles. The molecule has 0 aliphatic carbocycles. The molecule has 0 spiro atoms. The molecule has 1 aliphatic rings. The van der Waals surface area contributed by atoms with Gasteiger partial charge in [-0.3, -0.25) is 4.79 Å². The Bertz CT molecular complexity index is 1240. The zero-order valence-electron chi connectivity index (χ0n) is 20.8. The number of hydrogen-bond acceptors (Lipinski definition) is 3. The number of carbonyl (C=O) groups is 1. The largest absolute Gasteiger partial charge is 0.483 e.